The number of carbonyl (C=O) groups excluding carboxylic acids is 1. The number of rotatable bonds is 48. The minimum absolute atomic E-state index is 0.0530. The Balaban J connectivity index is 4.00. The quantitative estimate of drug-likeness (QED) is 0.0243. The third kappa shape index (κ3) is 48.2. The van der Waals surface area contributed by atoms with E-state index in [1.807, 2.05) is 27.2 Å². The Labute approximate surface area is 390 Å². The molecule has 0 rings (SSSR count). The van der Waals surface area contributed by atoms with Crippen LogP contribution in [0.25, 0.3) is 0 Å². The van der Waals surface area contributed by atoms with Crippen molar-refractivity contribution < 1.29 is 32.9 Å². The molecule has 3 unspecified atom stereocenters. The van der Waals surface area contributed by atoms with Gasteiger partial charge in [0.15, 0.2) is 0 Å². The number of likely N-dealkylation sites (N-methyl/N-ethyl adjacent to an activating group) is 1. The Morgan fingerprint density at radius 2 is 0.921 bits per heavy atom. The first-order valence-corrected chi connectivity index (χ1v) is 28.0. The van der Waals surface area contributed by atoms with E-state index in [0.29, 0.717) is 17.4 Å². The minimum Gasteiger partial charge on any atom is -0.387 e. The summed E-state index contributed by atoms with van der Waals surface area (Å²) in [5.41, 5.74) is 0. The molecule has 0 aliphatic rings. The number of aliphatic hydroxyl groups is 1. The lowest BCUT2D eigenvalue weighted by Crippen LogP contribution is -2.45. The van der Waals surface area contributed by atoms with Gasteiger partial charge in [0.05, 0.1) is 39.9 Å². The largest absolute Gasteiger partial charge is 0.472 e. The average Bonchev–Trinajstić information content (AvgIpc) is 3.24. The zero-order chi connectivity index (χ0) is 46.4. The van der Waals surface area contributed by atoms with Crippen LogP contribution in [0.3, 0.4) is 0 Å². The molecule has 0 aromatic rings. The first-order valence-electron chi connectivity index (χ1n) is 26.5. The highest BCUT2D eigenvalue weighted by Crippen LogP contribution is 2.43. The fraction of sp³-hybridized carbons (Fsp3) is 0.833. The van der Waals surface area contributed by atoms with Gasteiger partial charge < -0.3 is 19.8 Å². The molecule has 0 bridgehead atoms. The number of amides is 1. The number of aliphatic hydroxyl groups excluding tert-OH is 1. The van der Waals surface area contributed by atoms with E-state index in [4.69, 9.17) is 9.05 Å². The number of phosphoric ester groups is 1. The first kappa shape index (κ1) is 61.5. The second kappa shape index (κ2) is 45.6. The molecule has 63 heavy (non-hydrogen) atoms. The van der Waals surface area contributed by atoms with Crippen molar-refractivity contribution in [3.63, 3.8) is 0 Å². The van der Waals surface area contributed by atoms with Crippen LogP contribution >= 0.6 is 7.82 Å². The molecule has 370 valence electrons. The molecule has 0 aliphatic heterocycles. The molecule has 0 aromatic heterocycles. The second-order valence-corrected chi connectivity index (χ2v) is 20.7. The molecule has 0 heterocycles. The van der Waals surface area contributed by atoms with Gasteiger partial charge in [0.25, 0.3) is 0 Å². The summed E-state index contributed by atoms with van der Waals surface area (Å²) in [6, 6.07) is -0.867. The van der Waals surface area contributed by atoms with Crippen LogP contribution in [-0.2, 0) is 18.4 Å². The van der Waals surface area contributed by atoms with Crippen LogP contribution in [-0.4, -0.2) is 73.4 Å². The van der Waals surface area contributed by atoms with Gasteiger partial charge in [0.2, 0.25) is 5.91 Å². The number of nitrogens with zero attached hydrogens (tertiary/aromatic N) is 1. The van der Waals surface area contributed by atoms with Gasteiger partial charge in [-0.1, -0.05) is 217 Å². The predicted molar refractivity (Wildman–Crippen MR) is 272 cm³/mol. The SMILES string of the molecule is CC/C=C/CC/C=C/CC/C=C/C(O)C(COP(=O)(O)OCC[N+](C)(C)C)NC(=O)CCCCCCCCCCCCCCCCC/C=C\CCCCCCCCCCCCCC. The fourth-order valence-corrected chi connectivity index (χ4v) is 8.34. The van der Waals surface area contributed by atoms with E-state index in [1.165, 1.54) is 167 Å². The minimum atomic E-state index is -4.35. The standard InChI is InChI=1S/C54H103N2O6P/c1-6-8-10-12-14-16-18-19-20-21-22-23-24-25-26-27-28-29-30-31-32-33-34-35-36-37-38-40-42-44-46-48-54(58)55-52(51-62-63(59,60)61-50-49-56(3,4)5)53(57)47-45-43-41-39-17-15-13-11-9-7-2/h9,11,17,25-26,39,45,47,52-53,57H,6-8,10,12-16,18-24,27-38,40-44,46,48-51H2,1-5H3,(H-,55,58,59,60)/p+1/b11-9+,26-25-,39-17+,47-45+. The number of phosphoric acid groups is 1. The van der Waals surface area contributed by atoms with Crippen LogP contribution in [0.2, 0.25) is 0 Å². The van der Waals surface area contributed by atoms with Gasteiger partial charge in [-0.15, -0.1) is 0 Å². The number of allylic oxidation sites excluding steroid dienone is 7. The summed E-state index contributed by atoms with van der Waals surface area (Å²) in [4.78, 5) is 23.1. The lowest BCUT2D eigenvalue weighted by molar-refractivity contribution is -0.870. The van der Waals surface area contributed by atoms with E-state index in [9.17, 15) is 19.4 Å². The molecule has 0 aliphatic carbocycles. The molecule has 0 saturated carbocycles. The summed E-state index contributed by atoms with van der Waals surface area (Å²) in [6.07, 6.45) is 59.6. The van der Waals surface area contributed by atoms with Crippen molar-refractivity contribution in [3.05, 3.63) is 48.6 Å². The van der Waals surface area contributed by atoms with E-state index >= 15 is 0 Å². The molecular formula is C54H104N2O6P+. The van der Waals surface area contributed by atoms with Crippen molar-refractivity contribution in [1.82, 2.24) is 5.32 Å². The topological polar surface area (TPSA) is 105 Å². The van der Waals surface area contributed by atoms with Crippen molar-refractivity contribution in [1.29, 1.82) is 0 Å². The van der Waals surface area contributed by atoms with E-state index < -0.39 is 20.0 Å². The maximum atomic E-state index is 12.9. The number of carbonyl (C=O) groups is 1. The van der Waals surface area contributed by atoms with Crippen LogP contribution in [0.15, 0.2) is 48.6 Å². The van der Waals surface area contributed by atoms with Crippen molar-refractivity contribution in [3.8, 4) is 0 Å². The van der Waals surface area contributed by atoms with Crippen LogP contribution in [0, 0.1) is 0 Å². The van der Waals surface area contributed by atoms with Crippen LogP contribution in [0.4, 0.5) is 0 Å². The Kier molecular flexibility index (Phi) is 44.5. The van der Waals surface area contributed by atoms with Gasteiger partial charge in [-0.2, -0.15) is 0 Å². The van der Waals surface area contributed by atoms with E-state index in [2.05, 4.69) is 55.6 Å². The molecule has 0 aromatic carbocycles. The van der Waals surface area contributed by atoms with Gasteiger partial charge in [-0.25, -0.2) is 4.57 Å². The lowest BCUT2D eigenvalue weighted by Gasteiger charge is -2.25. The summed E-state index contributed by atoms with van der Waals surface area (Å²) >= 11 is 0. The maximum absolute atomic E-state index is 12.9. The monoisotopic (exact) mass is 908 g/mol. The number of unbranched alkanes of at least 4 members (excludes halogenated alkanes) is 29. The highest BCUT2D eigenvalue weighted by Gasteiger charge is 2.27. The van der Waals surface area contributed by atoms with E-state index in [-0.39, 0.29) is 19.1 Å². The number of hydrogen-bond acceptors (Lipinski definition) is 5. The van der Waals surface area contributed by atoms with Crippen LogP contribution in [0.1, 0.15) is 239 Å². The summed E-state index contributed by atoms with van der Waals surface area (Å²) in [7, 11) is 1.54. The Hall–Kier alpha value is -1.54. The Bertz CT molecular complexity index is 1170. The Morgan fingerprint density at radius 3 is 1.35 bits per heavy atom. The average molecular weight is 908 g/mol. The van der Waals surface area contributed by atoms with Crippen molar-refractivity contribution in [2.75, 3.05) is 40.9 Å². The smallest absolute Gasteiger partial charge is 0.387 e. The summed E-state index contributed by atoms with van der Waals surface area (Å²) in [5.74, 6) is -0.192. The van der Waals surface area contributed by atoms with Crippen molar-refractivity contribution >= 4 is 13.7 Å². The van der Waals surface area contributed by atoms with E-state index in [0.717, 1.165) is 51.4 Å². The molecule has 0 fully saturated rings. The van der Waals surface area contributed by atoms with E-state index in [1.54, 1.807) is 6.08 Å². The van der Waals surface area contributed by atoms with Crippen LogP contribution in [0.5, 0.6) is 0 Å². The summed E-state index contributed by atoms with van der Waals surface area (Å²) in [6.45, 7) is 4.67. The molecule has 9 heteroatoms. The Morgan fingerprint density at radius 1 is 0.540 bits per heavy atom. The third-order valence-corrected chi connectivity index (χ3v) is 12.7. The van der Waals surface area contributed by atoms with Gasteiger partial charge >= 0.3 is 7.82 Å². The predicted octanol–water partition coefficient (Wildman–Crippen LogP) is 15.6. The summed E-state index contributed by atoms with van der Waals surface area (Å²) < 4.78 is 23.5. The highest BCUT2D eigenvalue weighted by molar-refractivity contribution is 7.47. The molecule has 1 amide bonds. The molecule has 0 saturated heterocycles. The van der Waals surface area contributed by atoms with Gasteiger partial charge in [0, 0.05) is 6.42 Å². The van der Waals surface area contributed by atoms with Gasteiger partial charge in [-0.05, 0) is 64.2 Å². The second-order valence-electron chi connectivity index (χ2n) is 19.2. The highest BCUT2D eigenvalue weighted by atomic mass is 31.2. The number of nitrogens with one attached hydrogen (secondary N) is 1. The van der Waals surface area contributed by atoms with Crippen molar-refractivity contribution in [2.24, 2.45) is 0 Å². The third-order valence-electron chi connectivity index (χ3n) is 11.8. The fourth-order valence-electron chi connectivity index (χ4n) is 7.61. The molecular weight excluding hydrogens is 804 g/mol. The molecule has 0 radical (unpaired) electrons. The lowest BCUT2D eigenvalue weighted by atomic mass is 10.0. The molecule has 3 N–H and O–H groups in total. The first-order chi connectivity index (χ1) is 30.5. The molecule has 0 spiro atoms. The number of hydrogen-bond donors (Lipinski definition) is 3. The normalized spacial score (nSPS) is 14.5. The van der Waals surface area contributed by atoms with Gasteiger partial charge in [0.1, 0.15) is 13.2 Å². The van der Waals surface area contributed by atoms with Gasteiger partial charge in [-0.3, -0.25) is 13.8 Å². The summed E-state index contributed by atoms with van der Waals surface area (Å²) in [5, 5.41) is 13.8. The van der Waals surface area contributed by atoms with Crippen molar-refractivity contribution in [2.45, 2.75) is 251 Å². The zero-order valence-corrected chi connectivity index (χ0v) is 43.0. The maximum Gasteiger partial charge on any atom is 0.472 e. The molecule has 3 atom stereocenters. The number of quaternary nitrogens is 1. The van der Waals surface area contributed by atoms with Crippen LogP contribution < -0.4 is 5.32 Å². The molecule has 8 nitrogen and oxygen atoms in total. The zero-order valence-electron chi connectivity index (χ0n) is 42.1.